The highest BCUT2D eigenvalue weighted by Crippen LogP contribution is 2.32. The Morgan fingerprint density at radius 3 is 2.92 bits per heavy atom. The number of hydrogen-bond acceptors (Lipinski definition) is 6. The molecule has 1 aromatic heterocycles. The molecule has 0 unspecified atom stereocenters. The number of aryl methyl sites for hydroxylation is 1. The summed E-state index contributed by atoms with van der Waals surface area (Å²) in [6.45, 7) is 10.3. The van der Waals surface area contributed by atoms with Gasteiger partial charge in [-0.1, -0.05) is 6.08 Å². The number of carbonyl (C=O) groups is 1. The van der Waals surface area contributed by atoms with Crippen molar-refractivity contribution in [2.24, 2.45) is 0 Å². The lowest BCUT2D eigenvalue weighted by molar-refractivity contribution is -0.130. The topological polar surface area (TPSA) is 70.4 Å². The SMILES string of the molecule is C=CCN1CC[C@@]2(CCC1=O)CN(CCCn1cnnn1)CCN2C. The van der Waals surface area contributed by atoms with Gasteiger partial charge in [0.2, 0.25) is 5.91 Å². The number of tetrazole rings is 1. The van der Waals surface area contributed by atoms with Gasteiger partial charge < -0.3 is 9.80 Å². The van der Waals surface area contributed by atoms with Crippen molar-refractivity contribution in [2.75, 3.05) is 46.3 Å². The van der Waals surface area contributed by atoms with Crippen molar-refractivity contribution in [1.29, 1.82) is 0 Å². The van der Waals surface area contributed by atoms with Gasteiger partial charge in [0, 0.05) is 57.8 Å². The van der Waals surface area contributed by atoms with Crippen LogP contribution >= 0.6 is 0 Å². The van der Waals surface area contributed by atoms with E-state index in [-0.39, 0.29) is 11.4 Å². The van der Waals surface area contributed by atoms with Crippen LogP contribution < -0.4 is 0 Å². The normalized spacial score (nSPS) is 26.1. The summed E-state index contributed by atoms with van der Waals surface area (Å²) in [6.07, 6.45) is 7.14. The van der Waals surface area contributed by atoms with Crippen molar-refractivity contribution < 1.29 is 4.79 Å². The van der Waals surface area contributed by atoms with E-state index < -0.39 is 0 Å². The average molecular weight is 347 g/mol. The third kappa shape index (κ3) is 4.24. The predicted molar refractivity (Wildman–Crippen MR) is 94.9 cm³/mol. The van der Waals surface area contributed by atoms with Gasteiger partial charge in [-0.2, -0.15) is 0 Å². The molecule has 2 aliphatic rings. The molecule has 0 radical (unpaired) electrons. The zero-order valence-corrected chi connectivity index (χ0v) is 15.2. The fourth-order valence-electron chi connectivity index (χ4n) is 4.05. The highest BCUT2D eigenvalue weighted by atomic mass is 16.2. The standard InChI is InChI=1S/C17H29N7O/c1-3-8-23-11-7-17(6-5-16(23)25)14-22(13-12-21(17)2)9-4-10-24-15-18-19-20-24/h3,15H,1,4-14H2,2H3/t17-/m0/s1. The van der Waals surface area contributed by atoms with Gasteiger partial charge in [0.25, 0.3) is 0 Å². The van der Waals surface area contributed by atoms with Crippen LogP contribution in [-0.2, 0) is 11.3 Å². The molecule has 1 spiro atoms. The summed E-state index contributed by atoms with van der Waals surface area (Å²) in [5.74, 6) is 0.265. The van der Waals surface area contributed by atoms with E-state index in [1.807, 2.05) is 11.0 Å². The Hall–Kier alpha value is -1.80. The summed E-state index contributed by atoms with van der Waals surface area (Å²) in [6, 6.07) is 0. The first-order valence-electron chi connectivity index (χ1n) is 9.16. The van der Waals surface area contributed by atoms with Crippen LogP contribution in [-0.4, -0.2) is 92.7 Å². The summed E-state index contributed by atoms with van der Waals surface area (Å²) < 4.78 is 1.78. The van der Waals surface area contributed by atoms with Gasteiger partial charge in [0.05, 0.1) is 0 Å². The van der Waals surface area contributed by atoms with E-state index in [1.165, 1.54) is 0 Å². The zero-order chi connectivity index (χ0) is 17.7. The Morgan fingerprint density at radius 2 is 2.16 bits per heavy atom. The molecule has 8 heteroatoms. The summed E-state index contributed by atoms with van der Waals surface area (Å²) in [5.41, 5.74) is 0.110. The third-order valence-electron chi connectivity index (χ3n) is 5.69. The largest absolute Gasteiger partial charge is 0.339 e. The minimum atomic E-state index is 0.110. The average Bonchev–Trinajstić information content (AvgIpc) is 3.07. The van der Waals surface area contributed by atoms with Crippen LogP contribution in [0.15, 0.2) is 19.0 Å². The number of likely N-dealkylation sites (tertiary alicyclic amines) is 1. The van der Waals surface area contributed by atoms with Crippen LogP contribution in [0.4, 0.5) is 0 Å². The Bertz CT molecular complexity index is 576. The van der Waals surface area contributed by atoms with Gasteiger partial charge in [0.15, 0.2) is 0 Å². The third-order valence-corrected chi connectivity index (χ3v) is 5.69. The van der Waals surface area contributed by atoms with Gasteiger partial charge in [-0.15, -0.1) is 11.7 Å². The number of hydrogen-bond donors (Lipinski definition) is 0. The summed E-state index contributed by atoms with van der Waals surface area (Å²) in [4.78, 5) is 19.3. The maximum Gasteiger partial charge on any atom is 0.222 e. The Kier molecular flexibility index (Phi) is 5.80. The highest BCUT2D eigenvalue weighted by Gasteiger charge is 2.41. The van der Waals surface area contributed by atoms with Crippen molar-refractivity contribution in [2.45, 2.75) is 37.8 Å². The molecule has 2 saturated heterocycles. The quantitative estimate of drug-likeness (QED) is 0.687. The van der Waals surface area contributed by atoms with Crippen molar-refractivity contribution >= 4 is 5.91 Å². The van der Waals surface area contributed by atoms with Crippen LogP contribution in [0.3, 0.4) is 0 Å². The van der Waals surface area contributed by atoms with E-state index in [4.69, 9.17) is 0 Å². The lowest BCUT2D eigenvalue weighted by atomic mass is 9.86. The molecule has 1 amide bonds. The lowest BCUT2D eigenvalue weighted by Gasteiger charge is -2.49. The molecule has 1 aromatic rings. The second kappa shape index (κ2) is 8.05. The minimum Gasteiger partial charge on any atom is -0.339 e. The molecular weight excluding hydrogens is 318 g/mol. The fourth-order valence-corrected chi connectivity index (χ4v) is 4.05. The molecule has 0 N–H and O–H groups in total. The first-order valence-corrected chi connectivity index (χ1v) is 9.16. The Balaban J connectivity index is 1.57. The summed E-state index contributed by atoms with van der Waals surface area (Å²) >= 11 is 0. The molecule has 1 atom stereocenters. The maximum absolute atomic E-state index is 12.3. The van der Waals surface area contributed by atoms with Gasteiger partial charge in [-0.3, -0.25) is 9.69 Å². The van der Waals surface area contributed by atoms with Crippen molar-refractivity contribution in [3.63, 3.8) is 0 Å². The number of aromatic nitrogens is 4. The first-order chi connectivity index (χ1) is 12.1. The number of nitrogens with zero attached hydrogens (tertiary/aromatic N) is 7. The molecule has 2 fully saturated rings. The summed E-state index contributed by atoms with van der Waals surface area (Å²) in [7, 11) is 2.21. The van der Waals surface area contributed by atoms with Gasteiger partial charge >= 0.3 is 0 Å². The second-order valence-electron chi connectivity index (χ2n) is 7.23. The minimum absolute atomic E-state index is 0.110. The Morgan fingerprint density at radius 1 is 1.28 bits per heavy atom. The molecule has 3 heterocycles. The number of likely N-dealkylation sites (N-methyl/N-ethyl adjacent to an activating group) is 1. The molecule has 0 aromatic carbocycles. The molecule has 3 rings (SSSR count). The van der Waals surface area contributed by atoms with Crippen LogP contribution in [0.5, 0.6) is 0 Å². The van der Waals surface area contributed by atoms with Crippen LogP contribution in [0.1, 0.15) is 25.7 Å². The number of carbonyl (C=O) groups excluding carboxylic acids is 1. The fraction of sp³-hybridized carbons (Fsp3) is 0.765. The highest BCUT2D eigenvalue weighted by molar-refractivity contribution is 5.76. The van der Waals surface area contributed by atoms with E-state index in [9.17, 15) is 4.79 Å². The monoisotopic (exact) mass is 347 g/mol. The molecule has 2 aliphatic heterocycles. The first kappa shape index (κ1) is 18.0. The van der Waals surface area contributed by atoms with E-state index in [0.717, 1.165) is 58.5 Å². The number of piperazine rings is 1. The molecule has 25 heavy (non-hydrogen) atoms. The van der Waals surface area contributed by atoms with E-state index in [0.29, 0.717) is 13.0 Å². The van der Waals surface area contributed by atoms with Crippen molar-refractivity contribution in [3.8, 4) is 0 Å². The lowest BCUT2D eigenvalue weighted by Crippen LogP contribution is -2.61. The van der Waals surface area contributed by atoms with Gasteiger partial charge in [-0.25, -0.2) is 4.68 Å². The molecule has 0 bridgehead atoms. The van der Waals surface area contributed by atoms with Crippen LogP contribution in [0.2, 0.25) is 0 Å². The molecule has 0 saturated carbocycles. The van der Waals surface area contributed by atoms with Crippen LogP contribution in [0.25, 0.3) is 0 Å². The molecule has 0 aliphatic carbocycles. The smallest absolute Gasteiger partial charge is 0.222 e. The number of rotatable bonds is 6. The molecule has 138 valence electrons. The molecule has 8 nitrogen and oxygen atoms in total. The maximum atomic E-state index is 12.3. The van der Waals surface area contributed by atoms with Gasteiger partial charge in [-0.05, 0) is 36.7 Å². The summed E-state index contributed by atoms with van der Waals surface area (Å²) in [5, 5.41) is 11.3. The van der Waals surface area contributed by atoms with Crippen LogP contribution in [0, 0.1) is 0 Å². The van der Waals surface area contributed by atoms with E-state index in [1.54, 1.807) is 11.0 Å². The molecular formula is C17H29N7O. The second-order valence-corrected chi connectivity index (χ2v) is 7.23. The number of amides is 1. The van der Waals surface area contributed by atoms with E-state index in [2.05, 4.69) is 39.0 Å². The van der Waals surface area contributed by atoms with Gasteiger partial charge in [0.1, 0.15) is 6.33 Å². The predicted octanol–water partition coefficient (Wildman–Crippen LogP) is 0.248. The van der Waals surface area contributed by atoms with Crippen molar-refractivity contribution in [3.05, 3.63) is 19.0 Å². The Labute approximate surface area is 149 Å². The zero-order valence-electron chi connectivity index (χ0n) is 15.2. The van der Waals surface area contributed by atoms with Crippen molar-refractivity contribution in [1.82, 2.24) is 34.9 Å². The van der Waals surface area contributed by atoms with E-state index >= 15 is 0 Å².